The molecule has 0 spiro atoms. The first kappa shape index (κ1) is 10.6. The van der Waals surface area contributed by atoms with E-state index in [9.17, 15) is 5.11 Å². The molecule has 0 radical (unpaired) electrons. The first-order valence-corrected chi connectivity index (χ1v) is 6.72. The zero-order valence-corrected chi connectivity index (χ0v) is 10.3. The predicted octanol–water partition coefficient (Wildman–Crippen LogP) is 3.16. The minimum Gasteiger partial charge on any atom is -0.393 e. The molecular formula is C15H22O. The molecule has 1 N–H and O–H groups in total. The molecule has 88 valence electrons. The summed E-state index contributed by atoms with van der Waals surface area (Å²) in [5.74, 6) is 3.88. The second-order valence-electron chi connectivity index (χ2n) is 6.05. The molecule has 3 aliphatic carbocycles. The summed E-state index contributed by atoms with van der Waals surface area (Å²) in [6.07, 6.45) is 11.0. The molecule has 0 aliphatic heterocycles. The smallest absolute Gasteiger partial charge is 0.0572 e. The van der Waals surface area contributed by atoms with Gasteiger partial charge in [-0.3, -0.25) is 0 Å². The summed E-state index contributed by atoms with van der Waals surface area (Å²) < 4.78 is 0. The Kier molecular flexibility index (Phi) is 2.47. The number of hydrogen-bond donors (Lipinski definition) is 1. The van der Waals surface area contributed by atoms with Crippen LogP contribution in [0.3, 0.4) is 0 Å². The topological polar surface area (TPSA) is 20.2 Å². The van der Waals surface area contributed by atoms with Crippen molar-refractivity contribution in [2.45, 2.75) is 39.2 Å². The maximum atomic E-state index is 9.58. The lowest BCUT2D eigenvalue weighted by molar-refractivity contribution is 0.156. The average Bonchev–Trinajstić information content (AvgIpc) is 2.87. The number of fused-ring (bicyclic) bond motifs is 5. The van der Waals surface area contributed by atoms with Gasteiger partial charge in [0.05, 0.1) is 6.10 Å². The zero-order chi connectivity index (χ0) is 11.3. The lowest BCUT2D eigenvalue weighted by Crippen LogP contribution is -2.20. The molecule has 0 aromatic carbocycles. The Hall–Kier alpha value is -0.560. The molecule has 0 aromatic heterocycles. The van der Waals surface area contributed by atoms with E-state index in [1.807, 2.05) is 6.92 Å². The maximum Gasteiger partial charge on any atom is 0.0572 e. The maximum absolute atomic E-state index is 9.58. The van der Waals surface area contributed by atoms with E-state index in [1.54, 1.807) is 5.57 Å². The van der Waals surface area contributed by atoms with Crippen molar-refractivity contribution < 1.29 is 5.11 Å². The van der Waals surface area contributed by atoms with E-state index in [0.29, 0.717) is 5.92 Å². The van der Waals surface area contributed by atoms with Gasteiger partial charge in [-0.2, -0.15) is 0 Å². The Morgan fingerprint density at radius 3 is 3.00 bits per heavy atom. The molecular weight excluding hydrogens is 196 g/mol. The van der Waals surface area contributed by atoms with E-state index in [1.165, 1.54) is 19.3 Å². The molecule has 3 rings (SSSR count). The third-order valence-electron chi connectivity index (χ3n) is 5.10. The van der Waals surface area contributed by atoms with E-state index in [2.05, 4.69) is 25.2 Å². The second kappa shape index (κ2) is 3.73. The molecule has 0 unspecified atom stereocenters. The van der Waals surface area contributed by atoms with E-state index in [-0.39, 0.29) is 6.10 Å². The second-order valence-corrected chi connectivity index (χ2v) is 6.05. The SMILES string of the molecule is C[C@@H](O)[C@@H](C)/C=C1/C[C@H]2C[C@@H]1[C@@H]1C=CC[C@H]21. The van der Waals surface area contributed by atoms with E-state index in [0.717, 1.165) is 23.7 Å². The van der Waals surface area contributed by atoms with Crippen LogP contribution >= 0.6 is 0 Å². The molecule has 0 amide bonds. The van der Waals surface area contributed by atoms with Crippen molar-refractivity contribution in [2.24, 2.45) is 29.6 Å². The van der Waals surface area contributed by atoms with Crippen molar-refractivity contribution in [1.29, 1.82) is 0 Å². The Bertz CT molecular complexity index is 339. The Labute approximate surface area is 98.2 Å². The van der Waals surface area contributed by atoms with Crippen LogP contribution in [0.1, 0.15) is 33.1 Å². The van der Waals surface area contributed by atoms with Gasteiger partial charge in [-0.05, 0) is 55.8 Å². The first-order chi connectivity index (χ1) is 7.66. The van der Waals surface area contributed by atoms with Crippen molar-refractivity contribution >= 4 is 0 Å². The van der Waals surface area contributed by atoms with Gasteiger partial charge < -0.3 is 5.11 Å². The molecule has 3 aliphatic rings. The Morgan fingerprint density at radius 2 is 2.25 bits per heavy atom. The van der Waals surface area contributed by atoms with Crippen molar-refractivity contribution in [2.75, 3.05) is 0 Å². The van der Waals surface area contributed by atoms with Crippen LogP contribution in [0.2, 0.25) is 0 Å². The molecule has 6 atom stereocenters. The quantitative estimate of drug-likeness (QED) is 0.706. The highest BCUT2D eigenvalue weighted by atomic mass is 16.3. The lowest BCUT2D eigenvalue weighted by atomic mass is 9.78. The normalized spacial score (nSPS) is 46.3. The highest BCUT2D eigenvalue weighted by Crippen LogP contribution is 2.58. The molecule has 2 bridgehead atoms. The van der Waals surface area contributed by atoms with Gasteiger partial charge in [0.1, 0.15) is 0 Å². The fourth-order valence-electron chi connectivity index (χ4n) is 4.05. The third kappa shape index (κ3) is 1.48. The first-order valence-electron chi connectivity index (χ1n) is 6.72. The summed E-state index contributed by atoms with van der Waals surface area (Å²) in [6, 6.07) is 0. The summed E-state index contributed by atoms with van der Waals surface area (Å²) in [4.78, 5) is 0. The van der Waals surface area contributed by atoms with Crippen LogP contribution < -0.4 is 0 Å². The highest BCUT2D eigenvalue weighted by Gasteiger charge is 2.49. The number of aliphatic hydroxyl groups is 1. The van der Waals surface area contributed by atoms with Gasteiger partial charge in [-0.25, -0.2) is 0 Å². The number of hydrogen-bond acceptors (Lipinski definition) is 1. The van der Waals surface area contributed by atoms with Crippen LogP contribution in [0.4, 0.5) is 0 Å². The van der Waals surface area contributed by atoms with E-state index < -0.39 is 0 Å². The largest absolute Gasteiger partial charge is 0.393 e. The minimum absolute atomic E-state index is 0.207. The zero-order valence-electron chi connectivity index (χ0n) is 10.3. The third-order valence-corrected chi connectivity index (χ3v) is 5.10. The summed E-state index contributed by atoms with van der Waals surface area (Å²) in [5.41, 5.74) is 1.64. The molecule has 1 heteroatoms. The summed E-state index contributed by atoms with van der Waals surface area (Å²) >= 11 is 0. The molecule has 0 saturated heterocycles. The summed E-state index contributed by atoms with van der Waals surface area (Å²) in [5, 5.41) is 9.58. The van der Waals surface area contributed by atoms with Gasteiger partial charge in [0.25, 0.3) is 0 Å². The van der Waals surface area contributed by atoms with Gasteiger partial charge in [0, 0.05) is 0 Å². The number of rotatable bonds is 2. The van der Waals surface area contributed by atoms with Crippen LogP contribution in [-0.2, 0) is 0 Å². The Morgan fingerprint density at radius 1 is 1.44 bits per heavy atom. The van der Waals surface area contributed by atoms with E-state index in [4.69, 9.17) is 0 Å². The highest BCUT2D eigenvalue weighted by molar-refractivity contribution is 5.27. The van der Waals surface area contributed by atoms with Gasteiger partial charge in [0.15, 0.2) is 0 Å². The summed E-state index contributed by atoms with van der Waals surface area (Å²) in [6.45, 7) is 4.03. The molecule has 2 saturated carbocycles. The Balaban J connectivity index is 1.79. The van der Waals surface area contributed by atoms with Gasteiger partial charge >= 0.3 is 0 Å². The van der Waals surface area contributed by atoms with Gasteiger partial charge in [-0.15, -0.1) is 0 Å². The van der Waals surface area contributed by atoms with Crippen molar-refractivity contribution in [1.82, 2.24) is 0 Å². The lowest BCUT2D eigenvalue weighted by Gasteiger charge is -2.27. The summed E-state index contributed by atoms with van der Waals surface area (Å²) in [7, 11) is 0. The van der Waals surface area contributed by atoms with Crippen LogP contribution in [-0.4, -0.2) is 11.2 Å². The predicted molar refractivity (Wildman–Crippen MR) is 65.9 cm³/mol. The molecule has 1 nitrogen and oxygen atoms in total. The fourth-order valence-corrected chi connectivity index (χ4v) is 4.05. The average molecular weight is 218 g/mol. The number of allylic oxidation sites excluding steroid dienone is 3. The molecule has 2 fully saturated rings. The fraction of sp³-hybridized carbons (Fsp3) is 0.733. The van der Waals surface area contributed by atoms with Gasteiger partial charge in [0.2, 0.25) is 0 Å². The van der Waals surface area contributed by atoms with Gasteiger partial charge in [-0.1, -0.05) is 30.7 Å². The van der Waals surface area contributed by atoms with Crippen LogP contribution in [0.15, 0.2) is 23.8 Å². The van der Waals surface area contributed by atoms with Crippen molar-refractivity contribution in [3.63, 3.8) is 0 Å². The van der Waals surface area contributed by atoms with Crippen molar-refractivity contribution in [3.8, 4) is 0 Å². The number of aliphatic hydroxyl groups excluding tert-OH is 1. The minimum atomic E-state index is -0.207. The standard InChI is InChI=1S/C15H22O/c1-9(10(2)16)6-11-7-12-8-15(11)14-5-3-4-13(12)14/h3,5-6,9-10,12-16H,4,7-8H2,1-2H3/b11-6-/t9-,10+,12-,13+,14+,15-/m0/s1. The van der Waals surface area contributed by atoms with Crippen LogP contribution in [0.25, 0.3) is 0 Å². The van der Waals surface area contributed by atoms with Crippen LogP contribution in [0.5, 0.6) is 0 Å². The van der Waals surface area contributed by atoms with Crippen LogP contribution in [0, 0.1) is 29.6 Å². The van der Waals surface area contributed by atoms with E-state index >= 15 is 0 Å². The molecule has 16 heavy (non-hydrogen) atoms. The van der Waals surface area contributed by atoms with Crippen molar-refractivity contribution in [3.05, 3.63) is 23.8 Å². The molecule has 0 aromatic rings. The molecule has 0 heterocycles. The monoisotopic (exact) mass is 218 g/mol.